The minimum Gasteiger partial charge on any atom is -0.481 e. The zero-order chi connectivity index (χ0) is 21.8. The van der Waals surface area contributed by atoms with E-state index < -0.39 is 24.1 Å². The predicted molar refractivity (Wildman–Crippen MR) is 108 cm³/mol. The molecule has 0 fully saturated rings. The number of nitrogen functional groups attached to an aromatic ring is 2. The van der Waals surface area contributed by atoms with Crippen molar-refractivity contribution >= 4 is 29.4 Å². The number of ether oxygens (including phenoxy) is 2. The number of methoxy groups -OCH3 is 1. The van der Waals surface area contributed by atoms with E-state index in [0.717, 1.165) is 18.1 Å². The number of carbonyl (C=O) groups is 3. The third-order valence-electron chi connectivity index (χ3n) is 3.58. The van der Waals surface area contributed by atoms with Crippen LogP contribution in [-0.2, 0) is 32.1 Å². The smallest absolute Gasteiger partial charge is 0.408 e. The monoisotopic (exact) mass is 403 g/mol. The molecule has 0 aliphatic carbocycles. The Hall–Kier alpha value is -3.75. The number of nitrogens with two attached hydrogens (primary N) is 2. The van der Waals surface area contributed by atoms with Gasteiger partial charge in [-0.1, -0.05) is 36.4 Å². The minimum atomic E-state index is -0.892. The van der Waals surface area contributed by atoms with Crippen molar-refractivity contribution in [3.63, 3.8) is 0 Å². The molecule has 29 heavy (non-hydrogen) atoms. The highest BCUT2D eigenvalue weighted by Gasteiger charge is 2.23. The molecule has 0 saturated carbocycles. The molecule has 0 radical (unpaired) electrons. The Morgan fingerprint density at radius 3 is 2.21 bits per heavy atom. The van der Waals surface area contributed by atoms with E-state index in [2.05, 4.69) is 5.32 Å². The number of anilines is 2. The summed E-state index contributed by atoms with van der Waals surface area (Å²) in [5.74, 6) is -1.41. The molecule has 0 saturated heterocycles. The van der Waals surface area contributed by atoms with Crippen molar-refractivity contribution in [1.29, 1.82) is 0 Å². The number of hydrogen-bond donors (Lipinski definition) is 4. The number of benzene rings is 2. The highest BCUT2D eigenvalue weighted by atomic mass is 16.6. The van der Waals surface area contributed by atoms with Gasteiger partial charge < -0.3 is 31.4 Å². The number of carbonyl (C=O) groups excluding carboxylic acids is 2. The normalized spacial score (nSPS) is 10.7. The van der Waals surface area contributed by atoms with Crippen LogP contribution in [0.4, 0.5) is 16.2 Å². The molecule has 9 heteroatoms. The van der Waals surface area contributed by atoms with E-state index in [4.69, 9.17) is 30.8 Å². The van der Waals surface area contributed by atoms with Gasteiger partial charge in [0.05, 0.1) is 18.5 Å². The van der Waals surface area contributed by atoms with Crippen molar-refractivity contribution in [3.05, 3.63) is 59.7 Å². The molecular weight excluding hydrogens is 378 g/mol. The largest absolute Gasteiger partial charge is 0.481 e. The topological polar surface area (TPSA) is 154 Å². The number of nitrogens with one attached hydrogen (secondary N) is 1. The summed E-state index contributed by atoms with van der Waals surface area (Å²) in [6, 6.07) is 13.4. The second-order valence-corrected chi connectivity index (χ2v) is 5.97. The Morgan fingerprint density at radius 2 is 1.66 bits per heavy atom. The van der Waals surface area contributed by atoms with E-state index in [1.807, 2.05) is 30.3 Å². The molecule has 0 bridgehead atoms. The van der Waals surface area contributed by atoms with Crippen LogP contribution in [0.5, 0.6) is 0 Å². The fraction of sp³-hybridized carbons (Fsp3) is 0.250. The fourth-order valence-corrected chi connectivity index (χ4v) is 2.23. The zero-order valence-electron chi connectivity index (χ0n) is 16.3. The molecule has 2 aromatic rings. The molecule has 6 N–H and O–H groups in total. The maximum atomic E-state index is 12.0. The van der Waals surface area contributed by atoms with Gasteiger partial charge in [-0.25, -0.2) is 9.59 Å². The standard InChI is InChI=1S/C18H21N3O4.C2H4O2/c1-24-17(22)16(10-13-7-8-14(19)15(20)9-13)21-18(23)25-11-12-5-3-2-4-6-12;1-2(3)4/h2-9,16H,10-11,19-20H2,1H3,(H,21,23);1H3,(H,3,4)/t16-;/m1./s1. The van der Waals surface area contributed by atoms with Crippen molar-refractivity contribution in [2.75, 3.05) is 18.6 Å². The lowest BCUT2D eigenvalue weighted by molar-refractivity contribution is -0.143. The molecule has 0 heterocycles. The maximum Gasteiger partial charge on any atom is 0.408 e. The lowest BCUT2D eigenvalue weighted by Crippen LogP contribution is -2.43. The molecule has 0 aliphatic heterocycles. The quantitative estimate of drug-likeness (QED) is 0.421. The van der Waals surface area contributed by atoms with E-state index >= 15 is 0 Å². The average Bonchev–Trinajstić information content (AvgIpc) is 2.68. The number of carboxylic acid groups (broad SMARTS) is 1. The molecular formula is C20H25N3O6. The molecule has 0 unspecified atom stereocenters. The molecule has 0 spiro atoms. The first-order valence-corrected chi connectivity index (χ1v) is 8.61. The zero-order valence-corrected chi connectivity index (χ0v) is 16.3. The third-order valence-corrected chi connectivity index (χ3v) is 3.58. The second kappa shape index (κ2) is 11.9. The summed E-state index contributed by atoms with van der Waals surface area (Å²) in [4.78, 5) is 32.9. The van der Waals surface area contributed by atoms with Crippen molar-refractivity contribution in [3.8, 4) is 0 Å². The van der Waals surface area contributed by atoms with Crippen LogP contribution >= 0.6 is 0 Å². The van der Waals surface area contributed by atoms with Gasteiger partial charge in [0.2, 0.25) is 0 Å². The highest BCUT2D eigenvalue weighted by molar-refractivity contribution is 5.81. The Balaban J connectivity index is 0.000000960. The van der Waals surface area contributed by atoms with Gasteiger partial charge in [0.25, 0.3) is 5.97 Å². The van der Waals surface area contributed by atoms with E-state index in [1.54, 1.807) is 18.2 Å². The summed E-state index contributed by atoms with van der Waals surface area (Å²) in [5.41, 5.74) is 13.9. The lowest BCUT2D eigenvalue weighted by Gasteiger charge is -2.17. The molecule has 1 atom stereocenters. The lowest BCUT2D eigenvalue weighted by atomic mass is 10.0. The van der Waals surface area contributed by atoms with E-state index in [-0.39, 0.29) is 13.0 Å². The van der Waals surface area contributed by atoms with Gasteiger partial charge >= 0.3 is 12.1 Å². The first-order chi connectivity index (χ1) is 13.7. The number of rotatable bonds is 6. The first kappa shape index (κ1) is 23.3. The van der Waals surface area contributed by atoms with Crippen LogP contribution in [0.1, 0.15) is 18.1 Å². The average molecular weight is 403 g/mol. The molecule has 156 valence electrons. The Labute approximate surface area is 168 Å². The van der Waals surface area contributed by atoms with Crippen molar-refractivity contribution in [2.45, 2.75) is 26.0 Å². The van der Waals surface area contributed by atoms with Gasteiger partial charge in [-0.05, 0) is 23.3 Å². The molecule has 2 rings (SSSR count). The van der Waals surface area contributed by atoms with Crippen molar-refractivity contribution in [1.82, 2.24) is 5.32 Å². The summed E-state index contributed by atoms with van der Waals surface area (Å²) in [7, 11) is 1.25. The summed E-state index contributed by atoms with van der Waals surface area (Å²) in [5, 5.41) is 9.93. The summed E-state index contributed by atoms with van der Waals surface area (Å²) in [6.07, 6.45) is -0.500. The number of hydrogen-bond acceptors (Lipinski definition) is 7. The van der Waals surface area contributed by atoms with Crippen LogP contribution in [0.2, 0.25) is 0 Å². The Kier molecular flexibility index (Phi) is 9.52. The third kappa shape index (κ3) is 9.14. The number of alkyl carbamates (subject to hydrolysis) is 1. The highest BCUT2D eigenvalue weighted by Crippen LogP contribution is 2.17. The molecule has 1 amide bonds. The van der Waals surface area contributed by atoms with Gasteiger partial charge in [-0.3, -0.25) is 4.79 Å². The second-order valence-electron chi connectivity index (χ2n) is 5.97. The number of esters is 1. The van der Waals surface area contributed by atoms with Crippen LogP contribution in [0.15, 0.2) is 48.5 Å². The van der Waals surface area contributed by atoms with Crippen LogP contribution in [-0.4, -0.2) is 36.3 Å². The van der Waals surface area contributed by atoms with Crippen molar-refractivity contribution in [2.24, 2.45) is 0 Å². The molecule has 9 nitrogen and oxygen atoms in total. The van der Waals surface area contributed by atoms with E-state index in [0.29, 0.717) is 11.4 Å². The van der Waals surface area contributed by atoms with Gasteiger partial charge in [0, 0.05) is 13.3 Å². The summed E-state index contributed by atoms with van der Waals surface area (Å²) in [6.45, 7) is 1.19. The summed E-state index contributed by atoms with van der Waals surface area (Å²) >= 11 is 0. The fourth-order valence-electron chi connectivity index (χ4n) is 2.23. The summed E-state index contributed by atoms with van der Waals surface area (Å²) < 4.78 is 9.87. The van der Waals surface area contributed by atoms with Crippen LogP contribution in [0.3, 0.4) is 0 Å². The number of amides is 1. The predicted octanol–water partition coefficient (Wildman–Crippen LogP) is 1.95. The Bertz CT molecular complexity index is 822. The molecule has 0 aliphatic rings. The Morgan fingerprint density at radius 1 is 1.03 bits per heavy atom. The van der Waals surface area contributed by atoms with Gasteiger partial charge in [0.1, 0.15) is 12.6 Å². The van der Waals surface area contributed by atoms with E-state index in [1.165, 1.54) is 7.11 Å². The minimum absolute atomic E-state index is 0.107. The van der Waals surface area contributed by atoms with Gasteiger partial charge in [-0.2, -0.15) is 0 Å². The van der Waals surface area contributed by atoms with E-state index in [9.17, 15) is 9.59 Å². The SMILES string of the molecule is CC(=O)O.COC(=O)[C@@H](Cc1ccc(N)c(N)c1)NC(=O)OCc1ccccc1. The van der Waals surface area contributed by atoms with Crippen molar-refractivity contribution < 1.29 is 29.0 Å². The molecule has 2 aromatic carbocycles. The number of carboxylic acids is 1. The van der Waals surface area contributed by atoms with Crippen LogP contribution in [0, 0.1) is 0 Å². The van der Waals surface area contributed by atoms with Gasteiger partial charge in [0.15, 0.2) is 0 Å². The van der Waals surface area contributed by atoms with Crippen LogP contribution in [0.25, 0.3) is 0 Å². The van der Waals surface area contributed by atoms with Crippen LogP contribution < -0.4 is 16.8 Å². The first-order valence-electron chi connectivity index (χ1n) is 8.61. The molecule has 0 aromatic heterocycles. The van der Waals surface area contributed by atoms with Gasteiger partial charge in [-0.15, -0.1) is 0 Å². The number of aliphatic carboxylic acids is 1. The maximum absolute atomic E-state index is 12.0.